The average molecular weight is 259 g/mol. The van der Waals surface area contributed by atoms with Crippen LogP contribution < -0.4 is 5.32 Å². The summed E-state index contributed by atoms with van der Waals surface area (Å²) in [6, 6.07) is 0.430. The first-order chi connectivity index (χ1) is 8.17. The summed E-state index contributed by atoms with van der Waals surface area (Å²) in [4.78, 5) is 11.3. The molecule has 1 fully saturated rings. The molecule has 0 atom stereocenters. The summed E-state index contributed by atoms with van der Waals surface area (Å²) in [5.74, 6) is 1.33. The molecule has 1 aliphatic heterocycles. The lowest BCUT2D eigenvalue weighted by Crippen LogP contribution is -2.35. The average Bonchev–Trinajstić information content (AvgIpc) is 2.36. The number of ether oxygens (including phenoxy) is 1. The molecule has 0 unspecified atom stereocenters. The van der Waals surface area contributed by atoms with Crippen LogP contribution in [-0.2, 0) is 20.3 Å². The first-order valence-electron chi connectivity index (χ1n) is 6.03. The minimum Gasteiger partial charge on any atom is -0.466 e. The van der Waals surface area contributed by atoms with Crippen molar-refractivity contribution in [2.45, 2.75) is 32.2 Å². The zero-order valence-corrected chi connectivity index (χ0v) is 11.3. The first kappa shape index (κ1) is 14.4. The highest BCUT2D eigenvalue weighted by Crippen LogP contribution is 2.09. The van der Waals surface area contributed by atoms with Crippen LogP contribution in [0.4, 0.5) is 0 Å². The van der Waals surface area contributed by atoms with Crippen LogP contribution in [0.1, 0.15) is 26.2 Å². The van der Waals surface area contributed by atoms with E-state index in [-0.39, 0.29) is 5.97 Å². The minimum absolute atomic E-state index is 0.251. The highest BCUT2D eigenvalue weighted by Gasteiger charge is 2.16. The van der Waals surface area contributed by atoms with Crippen molar-refractivity contribution in [2.75, 3.05) is 25.2 Å². The Morgan fingerprint density at radius 1 is 1.47 bits per heavy atom. The fourth-order valence-corrected chi connectivity index (χ4v) is 3.15. The number of carbonyl (C=O) groups excluding carboxylic acids is 1. The molecule has 0 aromatic rings. The Balaban J connectivity index is 2.32. The molecule has 0 aromatic heterocycles. The van der Waals surface area contributed by atoms with Gasteiger partial charge in [0.15, 0.2) is 0 Å². The molecule has 1 N–H and O–H groups in total. The molecule has 0 radical (unpaired) electrons. The lowest BCUT2D eigenvalue weighted by Gasteiger charge is -2.21. The monoisotopic (exact) mass is 259 g/mol. The Bertz CT molecular complexity index is 305. The molecule has 0 aromatic carbocycles. The zero-order chi connectivity index (χ0) is 12.7. The number of hydrogen-bond donors (Lipinski definition) is 1. The number of carbonyl (C=O) groups is 1. The van der Waals surface area contributed by atoms with Gasteiger partial charge in [-0.2, -0.15) is 0 Å². The van der Waals surface area contributed by atoms with E-state index in [4.69, 9.17) is 0 Å². The minimum atomic E-state index is -0.615. The smallest absolute Gasteiger partial charge is 0.333 e. The topological polar surface area (TPSA) is 55.4 Å². The van der Waals surface area contributed by atoms with E-state index in [0.717, 1.165) is 24.3 Å². The molecule has 1 heterocycles. The first-order valence-corrected chi connectivity index (χ1v) is 7.51. The lowest BCUT2D eigenvalue weighted by molar-refractivity contribution is -0.136. The third-order valence-corrected chi connectivity index (χ3v) is 4.35. The maximum atomic E-state index is 11.3. The molecule has 0 spiro atoms. The molecule has 0 bridgehead atoms. The molecular weight excluding hydrogens is 238 g/mol. The van der Waals surface area contributed by atoms with Crippen LogP contribution in [0.25, 0.3) is 0 Å². The van der Waals surface area contributed by atoms with Crippen LogP contribution >= 0.6 is 0 Å². The highest BCUT2D eigenvalue weighted by atomic mass is 32.2. The van der Waals surface area contributed by atoms with Crippen molar-refractivity contribution >= 4 is 16.8 Å². The second kappa shape index (κ2) is 7.61. The Morgan fingerprint density at radius 3 is 2.65 bits per heavy atom. The summed E-state index contributed by atoms with van der Waals surface area (Å²) in [6.07, 6.45) is 4.49. The van der Waals surface area contributed by atoms with Gasteiger partial charge in [0.05, 0.1) is 7.11 Å². The molecule has 0 saturated carbocycles. The fourth-order valence-electron chi connectivity index (χ4n) is 1.85. The second-order valence-electron chi connectivity index (χ2n) is 4.11. The predicted octanol–water partition coefficient (Wildman–Crippen LogP) is 0.996. The fraction of sp³-hybridized carbons (Fsp3) is 0.750. The van der Waals surface area contributed by atoms with E-state index >= 15 is 0 Å². The second-order valence-corrected chi connectivity index (χ2v) is 5.80. The molecular formula is C12H21NO3S. The SMILES string of the molecule is CCC(=CCNC1CCS(=O)CC1)C(=O)OC. The van der Waals surface area contributed by atoms with Crippen LogP contribution in [0.3, 0.4) is 0 Å². The zero-order valence-electron chi connectivity index (χ0n) is 10.5. The quantitative estimate of drug-likeness (QED) is 0.591. The molecule has 1 rings (SSSR count). The summed E-state index contributed by atoms with van der Waals surface area (Å²) < 4.78 is 15.9. The normalized spacial score (nSPS) is 25.6. The van der Waals surface area contributed by atoms with Gasteiger partial charge in [0.1, 0.15) is 0 Å². The molecule has 17 heavy (non-hydrogen) atoms. The third-order valence-electron chi connectivity index (χ3n) is 2.97. The number of methoxy groups -OCH3 is 1. The van der Waals surface area contributed by atoms with Crippen LogP contribution in [-0.4, -0.2) is 41.4 Å². The summed E-state index contributed by atoms with van der Waals surface area (Å²) in [6.45, 7) is 2.61. The van der Waals surface area contributed by atoms with Crippen molar-refractivity contribution in [3.05, 3.63) is 11.6 Å². The Morgan fingerprint density at radius 2 is 2.12 bits per heavy atom. The van der Waals surface area contributed by atoms with Gasteiger partial charge in [0.2, 0.25) is 0 Å². The predicted molar refractivity (Wildman–Crippen MR) is 69.3 cm³/mol. The van der Waals surface area contributed by atoms with E-state index in [1.54, 1.807) is 0 Å². The molecule has 1 aliphatic rings. The van der Waals surface area contributed by atoms with Crippen LogP contribution in [0, 0.1) is 0 Å². The summed E-state index contributed by atoms with van der Waals surface area (Å²) in [5.41, 5.74) is 0.708. The standard InChI is InChI=1S/C12H21NO3S/c1-3-10(12(14)16-2)4-7-13-11-5-8-17(15)9-6-11/h4,11,13H,3,5-9H2,1-2H3. The Kier molecular flexibility index (Phi) is 6.44. The Hall–Kier alpha value is -0.680. The van der Waals surface area contributed by atoms with Gasteiger partial charge >= 0.3 is 5.97 Å². The lowest BCUT2D eigenvalue weighted by atomic mass is 10.1. The summed E-state index contributed by atoms with van der Waals surface area (Å²) in [7, 11) is 0.783. The molecule has 5 heteroatoms. The maximum absolute atomic E-state index is 11.3. The van der Waals surface area contributed by atoms with Crippen molar-refractivity contribution < 1.29 is 13.7 Å². The Labute approximate surface area is 105 Å². The molecule has 0 aliphatic carbocycles. The highest BCUT2D eigenvalue weighted by molar-refractivity contribution is 7.85. The molecule has 0 amide bonds. The van der Waals surface area contributed by atoms with Gasteiger partial charge in [-0.3, -0.25) is 4.21 Å². The van der Waals surface area contributed by atoms with Gasteiger partial charge in [-0.1, -0.05) is 13.0 Å². The van der Waals surface area contributed by atoms with Gasteiger partial charge in [0.25, 0.3) is 0 Å². The van der Waals surface area contributed by atoms with E-state index in [2.05, 4.69) is 10.1 Å². The summed E-state index contributed by atoms with van der Waals surface area (Å²) in [5, 5.41) is 3.37. The van der Waals surface area contributed by atoms with Crippen molar-refractivity contribution in [1.29, 1.82) is 0 Å². The van der Waals surface area contributed by atoms with Gasteiger partial charge in [-0.15, -0.1) is 0 Å². The van der Waals surface area contributed by atoms with Crippen LogP contribution in [0.5, 0.6) is 0 Å². The van der Waals surface area contributed by atoms with Gasteiger partial charge in [-0.25, -0.2) is 4.79 Å². The molecule has 4 nitrogen and oxygen atoms in total. The van der Waals surface area contributed by atoms with Gasteiger partial charge in [-0.05, 0) is 19.3 Å². The largest absolute Gasteiger partial charge is 0.466 e. The van der Waals surface area contributed by atoms with E-state index < -0.39 is 10.8 Å². The van der Waals surface area contributed by atoms with E-state index in [1.165, 1.54) is 7.11 Å². The van der Waals surface area contributed by atoms with E-state index in [1.807, 2.05) is 13.0 Å². The van der Waals surface area contributed by atoms with Gasteiger partial charge < -0.3 is 10.1 Å². The van der Waals surface area contributed by atoms with Crippen molar-refractivity contribution in [3.8, 4) is 0 Å². The van der Waals surface area contributed by atoms with Crippen molar-refractivity contribution in [1.82, 2.24) is 5.32 Å². The number of rotatable bonds is 5. The third kappa shape index (κ3) is 5.00. The van der Waals surface area contributed by atoms with E-state index in [0.29, 0.717) is 24.6 Å². The van der Waals surface area contributed by atoms with Gasteiger partial charge in [0, 0.05) is 40.5 Å². The number of nitrogens with one attached hydrogen (secondary N) is 1. The number of hydrogen-bond acceptors (Lipinski definition) is 4. The van der Waals surface area contributed by atoms with Crippen molar-refractivity contribution in [3.63, 3.8) is 0 Å². The molecule has 1 saturated heterocycles. The molecule has 98 valence electrons. The van der Waals surface area contributed by atoms with Crippen molar-refractivity contribution in [2.24, 2.45) is 0 Å². The van der Waals surface area contributed by atoms with Crippen LogP contribution in [0.15, 0.2) is 11.6 Å². The van der Waals surface area contributed by atoms with Crippen LogP contribution in [0.2, 0.25) is 0 Å². The van der Waals surface area contributed by atoms with E-state index in [9.17, 15) is 9.00 Å². The maximum Gasteiger partial charge on any atom is 0.333 e. The number of esters is 1. The summed E-state index contributed by atoms with van der Waals surface area (Å²) >= 11 is 0.